The normalized spacial score (nSPS) is 23.9. The average molecular weight is 309 g/mol. The minimum atomic E-state index is 0.0841. The van der Waals surface area contributed by atoms with Crippen LogP contribution in [0.25, 0.3) is 0 Å². The van der Waals surface area contributed by atoms with Gasteiger partial charge in [-0.15, -0.1) is 0 Å². The lowest BCUT2D eigenvalue weighted by Gasteiger charge is -2.22. The summed E-state index contributed by atoms with van der Waals surface area (Å²) in [5.74, 6) is 3.16. The lowest BCUT2D eigenvalue weighted by Crippen LogP contribution is -2.26. The highest BCUT2D eigenvalue weighted by atomic mass is 16.7. The largest absolute Gasteiger partial charge is 0.275 e. The first-order valence-electron chi connectivity index (χ1n) is 8.79. The minimum absolute atomic E-state index is 0.0841. The van der Waals surface area contributed by atoms with Crippen LogP contribution in [0, 0.1) is 23.7 Å². The molecule has 128 valence electrons. The zero-order valence-electron chi connectivity index (χ0n) is 15.4. The van der Waals surface area contributed by atoms with Gasteiger partial charge in [-0.25, -0.2) is 5.06 Å². The van der Waals surface area contributed by atoms with E-state index < -0.39 is 0 Å². The van der Waals surface area contributed by atoms with Crippen LogP contribution in [0.3, 0.4) is 0 Å². The second kappa shape index (κ2) is 9.34. The van der Waals surface area contributed by atoms with Crippen LogP contribution in [0.4, 0.5) is 0 Å². The first kappa shape index (κ1) is 19.2. The lowest BCUT2D eigenvalue weighted by molar-refractivity contribution is -0.169. The molecule has 0 heterocycles. The van der Waals surface area contributed by atoms with Gasteiger partial charge in [0.1, 0.15) is 0 Å². The summed E-state index contributed by atoms with van der Waals surface area (Å²) in [6.45, 7) is 9.07. The molecule has 0 aromatic heterocycles. The molecular weight excluding hydrogens is 274 g/mol. The predicted octanol–water partition coefficient (Wildman–Crippen LogP) is 4.83. The van der Waals surface area contributed by atoms with Gasteiger partial charge in [0, 0.05) is 13.5 Å². The van der Waals surface area contributed by atoms with Crippen LogP contribution in [0.15, 0.2) is 11.6 Å². The molecule has 0 unspecified atom stereocenters. The third kappa shape index (κ3) is 6.12. The molecule has 0 radical (unpaired) electrons. The summed E-state index contributed by atoms with van der Waals surface area (Å²) >= 11 is 0. The van der Waals surface area contributed by atoms with Gasteiger partial charge >= 0.3 is 0 Å². The van der Waals surface area contributed by atoms with E-state index in [2.05, 4.69) is 33.8 Å². The van der Waals surface area contributed by atoms with Gasteiger partial charge in [-0.2, -0.15) is 0 Å². The van der Waals surface area contributed by atoms with Crippen LogP contribution in [0.2, 0.25) is 0 Å². The molecule has 1 saturated carbocycles. The Bertz CT molecular complexity index is 374. The monoisotopic (exact) mass is 309 g/mol. The van der Waals surface area contributed by atoms with Crippen LogP contribution in [0.1, 0.15) is 66.2 Å². The number of hydrogen-bond acceptors (Lipinski definition) is 2. The number of nitrogens with zero attached hydrogens (tertiary/aromatic N) is 1. The zero-order valence-corrected chi connectivity index (χ0v) is 15.4. The van der Waals surface area contributed by atoms with Gasteiger partial charge in [0.25, 0.3) is 0 Å². The molecule has 1 amide bonds. The summed E-state index contributed by atoms with van der Waals surface area (Å²) < 4.78 is 0. The molecule has 1 rings (SSSR count). The van der Waals surface area contributed by atoms with Crippen molar-refractivity contribution in [3.05, 3.63) is 11.6 Å². The summed E-state index contributed by atoms with van der Waals surface area (Å²) in [4.78, 5) is 16.8. The zero-order chi connectivity index (χ0) is 16.7. The Kier molecular flexibility index (Phi) is 8.16. The molecule has 0 aromatic rings. The topological polar surface area (TPSA) is 29.5 Å². The van der Waals surface area contributed by atoms with Crippen molar-refractivity contribution in [3.63, 3.8) is 0 Å². The number of amides is 1. The van der Waals surface area contributed by atoms with Crippen LogP contribution in [0.5, 0.6) is 0 Å². The molecule has 1 aliphatic carbocycles. The molecule has 22 heavy (non-hydrogen) atoms. The van der Waals surface area contributed by atoms with Crippen molar-refractivity contribution >= 4 is 5.91 Å². The molecule has 0 bridgehead atoms. The molecule has 4 atom stereocenters. The highest BCUT2D eigenvalue weighted by Crippen LogP contribution is 2.41. The summed E-state index contributed by atoms with van der Waals surface area (Å²) in [5, 5.41) is 1.34. The van der Waals surface area contributed by atoms with Crippen molar-refractivity contribution in [2.45, 2.75) is 66.2 Å². The molecule has 1 fully saturated rings. The number of carbonyl (C=O) groups excluding carboxylic acids is 1. The Balaban J connectivity index is 2.35. The van der Waals surface area contributed by atoms with Crippen molar-refractivity contribution in [1.82, 2.24) is 5.06 Å². The number of carbonyl (C=O) groups is 1. The summed E-state index contributed by atoms with van der Waals surface area (Å²) in [5.41, 5.74) is 1.43. The van der Waals surface area contributed by atoms with Crippen LogP contribution < -0.4 is 0 Å². The second-order valence-electron chi connectivity index (χ2n) is 7.42. The quantitative estimate of drug-likeness (QED) is 0.474. The summed E-state index contributed by atoms with van der Waals surface area (Å²) in [6, 6.07) is 0. The van der Waals surface area contributed by atoms with Gasteiger partial charge in [-0.3, -0.25) is 9.63 Å². The van der Waals surface area contributed by atoms with Gasteiger partial charge in [0.05, 0.1) is 7.11 Å². The highest BCUT2D eigenvalue weighted by molar-refractivity contribution is 5.74. The van der Waals surface area contributed by atoms with E-state index in [1.54, 1.807) is 7.05 Å². The number of hydroxylamine groups is 2. The standard InChI is InChI=1S/C19H35NO2/c1-14(2)7-8-15(3)17-10-11-18(13-17)16(4)9-12-19(21)20(5)22-6/h7,15-18H,8-13H2,1-6H3/t15-,16+,17+,18-/m0/s1. The fraction of sp³-hybridized carbons (Fsp3) is 0.842. The number of allylic oxidation sites excluding steroid dienone is 2. The van der Waals surface area contributed by atoms with E-state index in [1.807, 2.05) is 0 Å². The maximum Gasteiger partial charge on any atom is 0.245 e. The first-order chi connectivity index (χ1) is 10.3. The van der Waals surface area contributed by atoms with E-state index >= 15 is 0 Å². The molecule has 0 aliphatic heterocycles. The van der Waals surface area contributed by atoms with E-state index in [9.17, 15) is 4.79 Å². The van der Waals surface area contributed by atoms with Gasteiger partial charge in [-0.1, -0.05) is 25.5 Å². The van der Waals surface area contributed by atoms with Crippen LogP contribution in [-0.4, -0.2) is 25.1 Å². The Morgan fingerprint density at radius 2 is 1.82 bits per heavy atom. The summed E-state index contributed by atoms with van der Waals surface area (Å²) in [7, 11) is 3.22. The molecule has 3 nitrogen and oxygen atoms in total. The van der Waals surface area contributed by atoms with E-state index in [-0.39, 0.29) is 5.91 Å². The number of hydrogen-bond donors (Lipinski definition) is 0. The fourth-order valence-electron chi connectivity index (χ4n) is 3.55. The molecule has 0 aromatic carbocycles. The third-order valence-electron chi connectivity index (χ3n) is 5.46. The molecule has 0 saturated heterocycles. The van der Waals surface area contributed by atoms with Gasteiger partial charge < -0.3 is 0 Å². The van der Waals surface area contributed by atoms with Crippen molar-refractivity contribution in [3.8, 4) is 0 Å². The maximum atomic E-state index is 11.8. The highest BCUT2D eigenvalue weighted by Gasteiger charge is 2.31. The van der Waals surface area contributed by atoms with Gasteiger partial charge in [0.15, 0.2) is 0 Å². The molecular formula is C19H35NO2. The third-order valence-corrected chi connectivity index (χ3v) is 5.46. The van der Waals surface area contributed by atoms with Gasteiger partial charge in [0.2, 0.25) is 5.91 Å². The smallest absolute Gasteiger partial charge is 0.245 e. The van der Waals surface area contributed by atoms with Crippen LogP contribution >= 0.6 is 0 Å². The maximum absolute atomic E-state index is 11.8. The van der Waals surface area contributed by atoms with Crippen LogP contribution in [-0.2, 0) is 9.63 Å². The van der Waals surface area contributed by atoms with Crippen molar-refractivity contribution in [2.75, 3.05) is 14.2 Å². The Hall–Kier alpha value is -0.830. The number of rotatable bonds is 8. The SMILES string of the molecule is CON(C)C(=O)CC[C@@H](C)[C@H]1CC[C@@H]([C@@H](C)CC=C(C)C)C1. The van der Waals surface area contributed by atoms with Gasteiger partial charge in [-0.05, 0) is 69.6 Å². The Labute approximate surface area is 137 Å². The minimum Gasteiger partial charge on any atom is -0.275 e. The second-order valence-corrected chi connectivity index (χ2v) is 7.42. The fourth-order valence-corrected chi connectivity index (χ4v) is 3.55. The van der Waals surface area contributed by atoms with E-state index in [0.717, 1.165) is 24.2 Å². The van der Waals surface area contributed by atoms with Crippen molar-refractivity contribution < 1.29 is 9.63 Å². The Morgan fingerprint density at radius 1 is 1.23 bits per heavy atom. The van der Waals surface area contributed by atoms with Crippen molar-refractivity contribution in [2.24, 2.45) is 23.7 Å². The van der Waals surface area contributed by atoms with E-state index in [1.165, 1.54) is 43.4 Å². The lowest BCUT2D eigenvalue weighted by atomic mass is 9.84. The first-order valence-corrected chi connectivity index (χ1v) is 8.79. The molecule has 0 spiro atoms. The average Bonchev–Trinajstić information content (AvgIpc) is 2.98. The predicted molar refractivity (Wildman–Crippen MR) is 92.2 cm³/mol. The molecule has 1 aliphatic rings. The summed E-state index contributed by atoms with van der Waals surface area (Å²) in [6.07, 6.45) is 9.20. The van der Waals surface area contributed by atoms with E-state index in [0.29, 0.717) is 12.3 Å². The Morgan fingerprint density at radius 3 is 2.36 bits per heavy atom. The van der Waals surface area contributed by atoms with Crippen molar-refractivity contribution in [1.29, 1.82) is 0 Å². The molecule has 3 heteroatoms. The van der Waals surface area contributed by atoms with E-state index in [4.69, 9.17) is 4.84 Å². The molecule has 0 N–H and O–H groups in total.